The topological polar surface area (TPSA) is 91.3 Å². The molecule has 0 saturated heterocycles. The molecular formula is C60H117NO7P+. The second-order valence-corrected chi connectivity index (χ2v) is 22.8. The molecule has 0 rings (SSSR count). The number of hydrogen-bond donors (Lipinski definition) is 1. The fraction of sp³-hybridized carbons (Fsp3) is 0.883. The summed E-state index contributed by atoms with van der Waals surface area (Å²) < 4.78 is 35.3. The summed E-state index contributed by atoms with van der Waals surface area (Å²) in [6.45, 7) is 5.67. The van der Waals surface area contributed by atoms with Gasteiger partial charge in [0.05, 0.1) is 34.4 Å². The van der Waals surface area contributed by atoms with Gasteiger partial charge in [0.1, 0.15) is 19.3 Å². The molecule has 2 atom stereocenters. The lowest BCUT2D eigenvalue weighted by Crippen LogP contribution is -2.37. The van der Waals surface area contributed by atoms with Crippen LogP contribution in [-0.4, -0.2) is 75.6 Å². The molecule has 0 aliphatic heterocycles. The Kier molecular flexibility index (Phi) is 52.0. The molecule has 0 aromatic rings. The Bertz CT molecular complexity index is 1200. The Balaban J connectivity index is 4.04. The number of hydrogen-bond acceptors (Lipinski definition) is 6. The highest BCUT2D eigenvalue weighted by Gasteiger charge is 2.26. The molecule has 1 N–H and O–H groups in total. The highest BCUT2D eigenvalue weighted by molar-refractivity contribution is 7.47. The van der Waals surface area contributed by atoms with E-state index in [0.717, 1.165) is 44.9 Å². The van der Waals surface area contributed by atoms with Gasteiger partial charge in [0.15, 0.2) is 0 Å². The van der Waals surface area contributed by atoms with E-state index in [2.05, 4.69) is 50.3 Å². The minimum Gasteiger partial charge on any atom is -0.457 e. The Morgan fingerprint density at radius 1 is 0.449 bits per heavy atom. The van der Waals surface area contributed by atoms with E-state index in [1.165, 1.54) is 218 Å². The second kappa shape index (κ2) is 53.0. The standard InChI is InChI=1S/C60H116NO7P/c1-6-8-10-12-14-16-18-20-22-24-26-28-29-30-31-32-34-36-38-40-42-44-46-48-50-52-55-65-57-59(58-67-69(63,64)66-56-54-61(3,4)5)68-60(62)53-51-49-47-45-43-41-39-37-35-33-27-25-23-21-19-17-15-13-11-9-7-2/h18,20,24,26,29-30,59H,6-17,19,21-23,25,27-28,31-58H2,1-5H3/p+1/b20-18-,26-24-,30-29-. The van der Waals surface area contributed by atoms with Crippen molar-refractivity contribution in [2.75, 3.05) is 54.1 Å². The average Bonchev–Trinajstić information content (AvgIpc) is 3.31. The van der Waals surface area contributed by atoms with Crippen molar-refractivity contribution in [2.45, 2.75) is 290 Å². The van der Waals surface area contributed by atoms with Crippen LogP contribution in [0.4, 0.5) is 0 Å². The van der Waals surface area contributed by atoms with E-state index in [-0.39, 0.29) is 25.8 Å². The number of allylic oxidation sites excluding steroid dienone is 6. The van der Waals surface area contributed by atoms with Gasteiger partial charge in [-0.05, 0) is 51.4 Å². The number of phosphoric acid groups is 1. The fourth-order valence-electron chi connectivity index (χ4n) is 8.62. The van der Waals surface area contributed by atoms with Crippen LogP contribution < -0.4 is 0 Å². The van der Waals surface area contributed by atoms with Gasteiger partial charge in [0, 0.05) is 13.0 Å². The minimum atomic E-state index is -4.28. The Morgan fingerprint density at radius 2 is 0.797 bits per heavy atom. The number of likely N-dealkylation sites (N-methyl/N-ethyl adjacent to an activating group) is 1. The number of unbranched alkanes of at least 4 members (excludes halogenated alkanes) is 36. The van der Waals surface area contributed by atoms with Crippen molar-refractivity contribution < 1.29 is 37.3 Å². The smallest absolute Gasteiger partial charge is 0.457 e. The summed E-state index contributed by atoms with van der Waals surface area (Å²) in [4.78, 5) is 23.1. The SMILES string of the molecule is CCCCCCC/C=C\C/C=C\C/C=C\CCCCCCCCCCCCCOCC(COP(=O)(O)OCC[N+](C)(C)C)OC(=O)CCCCCCCCCCCCCCCCCCCCCCC. The summed E-state index contributed by atoms with van der Waals surface area (Å²) in [5.41, 5.74) is 0. The maximum absolute atomic E-state index is 12.8. The lowest BCUT2D eigenvalue weighted by Gasteiger charge is -2.24. The zero-order valence-electron chi connectivity index (χ0n) is 46.6. The van der Waals surface area contributed by atoms with Crippen LogP contribution in [0.25, 0.3) is 0 Å². The Morgan fingerprint density at radius 3 is 1.19 bits per heavy atom. The minimum absolute atomic E-state index is 0.0898. The molecule has 0 bridgehead atoms. The Labute approximate surface area is 429 Å². The molecule has 0 amide bonds. The van der Waals surface area contributed by atoms with Gasteiger partial charge in [-0.25, -0.2) is 4.57 Å². The maximum Gasteiger partial charge on any atom is 0.472 e. The maximum atomic E-state index is 12.8. The first-order chi connectivity index (χ1) is 33.6. The zero-order chi connectivity index (χ0) is 50.5. The number of phosphoric ester groups is 1. The third kappa shape index (κ3) is 57.5. The average molecular weight is 996 g/mol. The van der Waals surface area contributed by atoms with Crippen molar-refractivity contribution in [2.24, 2.45) is 0 Å². The molecule has 69 heavy (non-hydrogen) atoms. The third-order valence-corrected chi connectivity index (χ3v) is 14.2. The van der Waals surface area contributed by atoms with Gasteiger partial charge in [-0.3, -0.25) is 13.8 Å². The van der Waals surface area contributed by atoms with Crippen molar-refractivity contribution in [3.05, 3.63) is 36.5 Å². The summed E-state index contributed by atoms with van der Waals surface area (Å²) in [5, 5.41) is 0. The van der Waals surface area contributed by atoms with E-state index >= 15 is 0 Å². The molecule has 0 aromatic carbocycles. The fourth-order valence-corrected chi connectivity index (χ4v) is 9.36. The van der Waals surface area contributed by atoms with Crippen LogP contribution in [0.1, 0.15) is 284 Å². The van der Waals surface area contributed by atoms with Gasteiger partial charge in [0.25, 0.3) is 0 Å². The number of ether oxygens (including phenoxy) is 2. The van der Waals surface area contributed by atoms with Gasteiger partial charge in [-0.1, -0.05) is 262 Å². The van der Waals surface area contributed by atoms with Crippen LogP contribution in [0, 0.1) is 0 Å². The molecule has 0 aromatic heterocycles. The number of rotatable bonds is 56. The highest BCUT2D eigenvalue weighted by Crippen LogP contribution is 2.43. The van der Waals surface area contributed by atoms with Crippen LogP contribution in [-0.2, 0) is 27.9 Å². The molecule has 0 heterocycles. The van der Waals surface area contributed by atoms with E-state index < -0.39 is 13.9 Å². The normalized spacial score (nSPS) is 13.7. The van der Waals surface area contributed by atoms with E-state index in [9.17, 15) is 14.3 Å². The highest BCUT2D eigenvalue weighted by atomic mass is 31.2. The molecule has 8 nitrogen and oxygen atoms in total. The molecule has 0 saturated carbocycles. The molecule has 0 aliphatic carbocycles. The molecule has 408 valence electrons. The van der Waals surface area contributed by atoms with Crippen molar-refractivity contribution in [1.29, 1.82) is 0 Å². The number of carbonyl (C=O) groups is 1. The van der Waals surface area contributed by atoms with Crippen LogP contribution >= 0.6 is 7.82 Å². The van der Waals surface area contributed by atoms with Crippen LogP contribution in [0.15, 0.2) is 36.5 Å². The molecule has 0 spiro atoms. The van der Waals surface area contributed by atoms with Crippen molar-refractivity contribution in [3.63, 3.8) is 0 Å². The summed E-state index contributed by atoms with van der Waals surface area (Å²) in [7, 11) is 1.68. The van der Waals surface area contributed by atoms with Gasteiger partial charge >= 0.3 is 13.8 Å². The zero-order valence-corrected chi connectivity index (χ0v) is 47.5. The molecular weight excluding hydrogens is 878 g/mol. The summed E-state index contributed by atoms with van der Waals surface area (Å²) in [6.07, 6.45) is 66.4. The van der Waals surface area contributed by atoms with Crippen LogP contribution in [0.2, 0.25) is 0 Å². The molecule has 2 unspecified atom stereocenters. The first-order valence-electron chi connectivity index (χ1n) is 29.7. The quantitative estimate of drug-likeness (QED) is 0.0213. The Hall–Kier alpha value is -1.28. The van der Waals surface area contributed by atoms with Crippen molar-refractivity contribution >= 4 is 13.8 Å². The van der Waals surface area contributed by atoms with E-state index in [1.807, 2.05) is 21.1 Å². The number of nitrogens with zero attached hydrogens (tertiary/aromatic N) is 1. The van der Waals surface area contributed by atoms with Gasteiger partial charge in [-0.2, -0.15) is 0 Å². The van der Waals surface area contributed by atoms with Crippen molar-refractivity contribution in [3.8, 4) is 0 Å². The molecule has 0 radical (unpaired) electrons. The van der Waals surface area contributed by atoms with Crippen molar-refractivity contribution in [1.82, 2.24) is 0 Å². The lowest BCUT2D eigenvalue weighted by atomic mass is 10.0. The van der Waals surface area contributed by atoms with Crippen LogP contribution in [0.5, 0.6) is 0 Å². The number of quaternary nitrogens is 1. The second-order valence-electron chi connectivity index (χ2n) is 21.4. The van der Waals surface area contributed by atoms with E-state index in [0.29, 0.717) is 24.1 Å². The number of esters is 1. The van der Waals surface area contributed by atoms with Gasteiger partial charge in [-0.15, -0.1) is 0 Å². The molecule has 0 fully saturated rings. The first kappa shape index (κ1) is 67.7. The lowest BCUT2D eigenvalue weighted by molar-refractivity contribution is -0.870. The van der Waals surface area contributed by atoms with E-state index in [1.54, 1.807) is 0 Å². The predicted molar refractivity (Wildman–Crippen MR) is 298 cm³/mol. The summed E-state index contributed by atoms with van der Waals surface area (Å²) in [5.74, 6) is -0.308. The largest absolute Gasteiger partial charge is 0.472 e. The number of carbonyl (C=O) groups excluding carboxylic acids is 1. The summed E-state index contributed by atoms with van der Waals surface area (Å²) >= 11 is 0. The third-order valence-electron chi connectivity index (χ3n) is 13.2. The van der Waals surface area contributed by atoms with Crippen LogP contribution in [0.3, 0.4) is 0 Å². The van der Waals surface area contributed by atoms with Gasteiger partial charge < -0.3 is 18.9 Å². The first-order valence-corrected chi connectivity index (χ1v) is 31.2. The molecule has 9 heteroatoms. The monoisotopic (exact) mass is 995 g/mol. The molecule has 0 aliphatic rings. The van der Waals surface area contributed by atoms with Gasteiger partial charge in [0.2, 0.25) is 0 Å². The van der Waals surface area contributed by atoms with E-state index in [4.69, 9.17) is 18.5 Å². The summed E-state index contributed by atoms with van der Waals surface area (Å²) in [6, 6.07) is 0. The predicted octanol–water partition coefficient (Wildman–Crippen LogP) is 18.8.